The number of carbonyl (C=O) groups excluding carboxylic acids is 1. The van der Waals surface area contributed by atoms with E-state index in [1.807, 2.05) is 6.07 Å². The number of amides is 1. The maximum absolute atomic E-state index is 12.5. The normalized spacial score (nSPS) is 19.4. The highest BCUT2D eigenvalue weighted by Gasteiger charge is 2.33. The van der Waals surface area contributed by atoms with E-state index in [0.29, 0.717) is 30.1 Å². The lowest BCUT2D eigenvalue weighted by Crippen LogP contribution is -2.28. The zero-order valence-corrected chi connectivity index (χ0v) is 12.1. The molecule has 1 amide bonds. The number of fused-ring (bicyclic) bond motifs is 2. The Morgan fingerprint density at radius 2 is 1.95 bits per heavy atom. The van der Waals surface area contributed by atoms with Crippen LogP contribution in [0.5, 0.6) is 11.5 Å². The van der Waals surface area contributed by atoms with Crippen molar-refractivity contribution >= 4 is 5.91 Å². The highest BCUT2D eigenvalue weighted by molar-refractivity contribution is 5.99. The molecule has 0 fully saturated rings. The molecule has 4 rings (SSSR count). The van der Waals surface area contributed by atoms with Crippen LogP contribution in [0.4, 0.5) is 0 Å². The monoisotopic (exact) mass is 295 g/mol. The van der Waals surface area contributed by atoms with Crippen LogP contribution in [-0.2, 0) is 13.0 Å². The van der Waals surface area contributed by atoms with Crippen LogP contribution in [0.25, 0.3) is 0 Å². The molecule has 2 aromatic rings. The first kappa shape index (κ1) is 13.2. The minimum atomic E-state index is -0.167. The van der Waals surface area contributed by atoms with Crippen molar-refractivity contribution in [2.24, 2.45) is 0 Å². The molecule has 0 radical (unpaired) electrons. The highest BCUT2D eigenvalue weighted by Crippen LogP contribution is 2.39. The van der Waals surface area contributed by atoms with Crippen LogP contribution in [0.2, 0.25) is 0 Å². The average molecular weight is 295 g/mol. The Hall–Kier alpha value is -2.49. The first-order valence-electron chi connectivity index (χ1n) is 7.56. The van der Waals surface area contributed by atoms with Crippen molar-refractivity contribution in [1.82, 2.24) is 4.90 Å². The van der Waals surface area contributed by atoms with Crippen molar-refractivity contribution in [3.05, 3.63) is 58.7 Å². The molecule has 4 heteroatoms. The van der Waals surface area contributed by atoms with E-state index in [0.717, 1.165) is 12.8 Å². The van der Waals surface area contributed by atoms with Crippen molar-refractivity contribution in [2.45, 2.75) is 25.3 Å². The summed E-state index contributed by atoms with van der Waals surface area (Å²) in [4.78, 5) is 14.3. The lowest BCUT2D eigenvalue weighted by molar-refractivity contribution is 0.0768. The van der Waals surface area contributed by atoms with E-state index in [4.69, 9.17) is 0 Å². The number of aryl methyl sites for hydroxylation is 1. The fourth-order valence-electron chi connectivity index (χ4n) is 3.67. The third-order valence-corrected chi connectivity index (χ3v) is 4.83. The molecule has 112 valence electrons. The summed E-state index contributed by atoms with van der Waals surface area (Å²) in [6.07, 6.45) is 2.11. The standard InChI is InChI=1S/C18H17NO3/c20-16-8-7-14-15(17(16)21)10-19(18(14)22)9-12-6-5-11-3-1-2-4-13(11)12/h1-4,7-8,12,20-21H,5-6,9-10H2/t12-/m1/s1. The molecular weight excluding hydrogens is 278 g/mol. The Morgan fingerprint density at radius 1 is 1.14 bits per heavy atom. The van der Waals surface area contributed by atoms with E-state index in [2.05, 4.69) is 18.2 Å². The van der Waals surface area contributed by atoms with Crippen molar-refractivity contribution in [1.29, 1.82) is 0 Å². The number of benzene rings is 2. The molecule has 22 heavy (non-hydrogen) atoms. The van der Waals surface area contributed by atoms with Crippen LogP contribution in [-0.4, -0.2) is 27.6 Å². The van der Waals surface area contributed by atoms with Crippen LogP contribution in [0.15, 0.2) is 36.4 Å². The second-order valence-electron chi connectivity index (χ2n) is 6.08. The van der Waals surface area contributed by atoms with Crippen molar-refractivity contribution in [3.8, 4) is 11.5 Å². The quantitative estimate of drug-likeness (QED) is 0.838. The summed E-state index contributed by atoms with van der Waals surface area (Å²) in [5.41, 5.74) is 3.74. The topological polar surface area (TPSA) is 60.8 Å². The van der Waals surface area contributed by atoms with Crippen molar-refractivity contribution in [2.75, 3.05) is 6.54 Å². The first-order valence-corrected chi connectivity index (χ1v) is 7.56. The van der Waals surface area contributed by atoms with E-state index in [-0.39, 0.29) is 17.4 Å². The lowest BCUT2D eigenvalue weighted by atomic mass is 10.0. The first-order chi connectivity index (χ1) is 10.6. The summed E-state index contributed by atoms with van der Waals surface area (Å²) in [7, 11) is 0. The van der Waals surface area contributed by atoms with Gasteiger partial charge >= 0.3 is 0 Å². The smallest absolute Gasteiger partial charge is 0.254 e. The third-order valence-electron chi connectivity index (χ3n) is 4.83. The lowest BCUT2D eigenvalue weighted by Gasteiger charge is -2.21. The summed E-state index contributed by atoms with van der Waals surface area (Å²) in [5.74, 6) is -0.0420. The van der Waals surface area contributed by atoms with Gasteiger partial charge in [-0.05, 0) is 36.1 Å². The number of phenols is 2. The fraction of sp³-hybridized carbons (Fsp3) is 0.278. The Kier molecular flexibility index (Phi) is 2.86. The zero-order valence-electron chi connectivity index (χ0n) is 12.1. The van der Waals surface area contributed by atoms with Gasteiger partial charge in [0.1, 0.15) is 0 Å². The third kappa shape index (κ3) is 1.87. The molecule has 1 heterocycles. The molecule has 1 atom stereocenters. The van der Waals surface area contributed by atoms with E-state index < -0.39 is 0 Å². The molecule has 0 aromatic heterocycles. The van der Waals surface area contributed by atoms with Gasteiger partial charge in [0.25, 0.3) is 5.91 Å². The molecule has 0 saturated carbocycles. The van der Waals surface area contributed by atoms with E-state index in [1.165, 1.54) is 17.2 Å². The Balaban J connectivity index is 1.59. The number of nitrogens with zero attached hydrogens (tertiary/aromatic N) is 1. The van der Waals surface area contributed by atoms with Gasteiger partial charge < -0.3 is 15.1 Å². The molecule has 1 aliphatic heterocycles. The largest absolute Gasteiger partial charge is 0.504 e. The van der Waals surface area contributed by atoms with Gasteiger partial charge in [-0.15, -0.1) is 0 Å². The minimum absolute atomic E-state index is 0.0605. The van der Waals surface area contributed by atoms with Crippen LogP contribution in [0, 0.1) is 0 Å². The van der Waals surface area contributed by atoms with Gasteiger partial charge in [-0.2, -0.15) is 0 Å². The number of rotatable bonds is 2. The van der Waals surface area contributed by atoms with E-state index in [1.54, 1.807) is 11.0 Å². The van der Waals surface area contributed by atoms with Gasteiger partial charge in [0.15, 0.2) is 11.5 Å². The van der Waals surface area contributed by atoms with Crippen LogP contribution in [0.3, 0.4) is 0 Å². The zero-order chi connectivity index (χ0) is 15.3. The number of carbonyl (C=O) groups is 1. The maximum Gasteiger partial charge on any atom is 0.254 e. The van der Waals surface area contributed by atoms with Gasteiger partial charge in [-0.1, -0.05) is 24.3 Å². The molecule has 2 N–H and O–H groups in total. The molecule has 0 saturated heterocycles. The molecular formula is C18H17NO3. The number of hydrogen-bond acceptors (Lipinski definition) is 3. The highest BCUT2D eigenvalue weighted by atomic mass is 16.3. The number of aromatic hydroxyl groups is 2. The van der Waals surface area contributed by atoms with Gasteiger partial charge in [-0.3, -0.25) is 4.79 Å². The number of hydrogen-bond donors (Lipinski definition) is 2. The van der Waals surface area contributed by atoms with Gasteiger partial charge in [0, 0.05) is 23.6 Å². The van der Waals surface area contributed by atoms with Crippen molar-refractivity contribution in [3.63, 3.8) is 0 Å². The average Bonchev–Trinajstić information content (AvgIpc) is 3.07. The van der Waals surface area contributed by atoms with Crippen LogP contribution < -0.4 is 0 Å². The fourth-order valence-corrected chi connectivity index (χ4v) is 3.67. The molecule has 2 aliphatic rings. The van der Waals surface area contributed by atoms with Gasteiger partial charge in [-0.25, -0.2) is 0 Å². The predicted octanol–water partition coefficient (Wildman–Crippen LogP) is 2.78. The minimum Gasteiger partial charge on any atom is -0.504 e. The molecule has 2 aromatic carbocycles. The van der Waals surface area contributed by atoms with Gasteiger partial charge in [0.05, 0.1) is 6.54 Å². The van der Waals surface area contributed by atoms with E-state index in [9.17, 15) is 15.0 Å². The summed E-state index contributed by atoms with van der Waals surface area (Å²) in [6.45, 7) is 1.03. The Morgan fingerprint density at radius 3 is 2.82 bits per heavy atom. The van der Waals surface area contributed by atoms with Crippen LogP contribution >= 0.6 is 0 Å². The summed E-state index contributed by atoms with van der Waals surface area (Å²) < 4.78 is 0. The summed E-state index contributed by atoms with van der Waals surface area (Å²) in [5, 5.41) is 19.5. The maximum atomic E-state index is 12.5. The second-order valence-corrected chi connectivity index (χ2v) is 6.08. The molecule has 1 aliphatic carbocycles. The number of phenolic OH excluding ortho intramolecular Hbond substituents is 2. The van der Waals surface area contributed by atoms with E-state index >= 15 is 0 Å². The summed E-state index contributed by atoms with van der Waals surface area (Å²) in [6, 6.07) is 11.4. The molecule has 0 bridgehead atoms. The predicted molar refractivity (Wildman–Crippen MR) is 82.0 cm³/mol. The summed E-state index contributed by atoms with van der Waals surface area (Å²) >= 11 is 0. The Labute approximate surface area is 128 Å². The molecule has 4 nitrogen and oxygen atoms in total. The second kappa shape index (κ2) is 4.77. The van der Waals surface area contributed by atoms with Crippen LogP contribution in [0.1, 0.15) is 39.4 Å². The Bertz CT molecular complexity index is 769. The SMILES string of the molecule is O=C1c2ccc(O)c(O)c2CN1C[C@H]1CCc2ccccc21. The van der Waals surface area contributed by atoms with Crippen molar-refractivity contribution < 1.29 is 15.0 Å². The van der Waals surface area contributed by atoms with Gasteiger partial charge in [0.2, 0.25) is 0 Å². The molecule has 0 spiro atoms. The molecule has 0 unspecified atom stereocenters.